The van der Waals surface area contributed by atoms with Crippen molar-refractivity contribution in [2.24, 2.45) is 4.99 Å². The Morgan fingerprint density at radius 1 is 1.23 bits per heavy atom. The van der Waals surface area contributed by atoms with Crippen LogP contribution in [0.1, 0.15) is 12.0 Å². The molecule has 5 nitrogen and oxygen atoms in total. The summed E-state index contributed by atoms with van der Waals surface area (Å²) in [6.07, 6.45) is -3.93. The number of halogens is 5. The Balaban J connectivity index is 2.36. The average Bonchev–Trinajstić information content (AvgIpc) is 2.54. The van der Waals surface area contributed by atoms with Crippen LogP contribution in [0.15, 0.2) is 29.3 Å². The first-order valence-electron chi connectivity index (χ1n) is 7.81. The minimum Gasteiger partial charge on any atom is -0.435 e. The van der Waals surface area contributed by atoms with Crippen molar-refractivity contribution < 1.29 is 31.4 Å². The van der Waals surface area contributed by atoms with Crippen LogP contribution in [-0.2, 0) is 11.3 Å². The van der Waals surface area contributed by atoms with Crippen molar-refractivity contribution >= 4 is 5.96 Å². The lowest BCUT2D eigenvalue weighted by Gasteiger charge is -2.22. The minimum absolute atomic E-state index is 0.0151. The van der Waals surface area contributed by atoms with E-state index in [1.54, 1.807) is 31.1 Å². The maximum absolute atomic E-state index is 12.1. The molecular weight excluding hydrogens is 361 g/mol. The van der Waals surface area contributed by atoms with Gasteiger partial charge in [0.1, 0.15) is 12.4 Å². The van der Waals surface area contributed by atoms with E-state index >= 15 is 0 Å². The van der Waals surface area contributed by atoms with Crippen LogP contribution in [0, 0.1) is 0 Å². The SMILES string of the molecule is CN=C(NCCCOCC(F)(F)F)N(C)Cc1ccc(OC(F)F)cc1. The number of rotatable bonds is 9. The second-order valence-electron chi connectivity index (χ2n) is 5.37. The zero-order chi connectivity index (χ0) is 19.6. The van der Waals surface area contributed by atoms with Gasteiger partial charge in [-0.2, -0.15) is 22.0 Å². The van der Waals surface area contributed by atoms with E-state index in [0.29, 0.717) is 25.5 Å². The van der Waals surface area contributed by atoms with E-state index in [1.165, 1.54) is 12.1 Å². The zero-order valence-electron chi connectivity index (χ0n) is 14.5. The van der Waals surface area contributed by atoms with Crippen molar-refractivity contribution in [1.29, 1.82) is 0 Å². The molecule has 26 heavy (non-hydrogen) atoms. The predicted molar refractivity (Wildman–Crippen MR) is 87.4 cm³/mol. The van der Waals surface area contributed by atoms with Gasteiger partial charge in [-0.3, -0.25) is 4.99 Å². The molecule has 1 aromatic rings. The molecule has 148 valence electrons. The number of ether oxygens (including phenoxy) is 2. The highest BCUT2D eigenvalue weighted by Gasteiger charge is 2.27. The number of aliphatic imine (C=N–C) groups is 1. The largest absolute Gasteiger partial charge is 0.435 e. The first kappa shape index (κ1) is 21.9. The Bertz CT molecular complexity index is 550. The number of nitrogens with one attached hydrogen (secondary N) is 1. The fraction of sp³-hybridized carbons (Fsp3) is 0.562. The number of benzene rings is 1. The van der Waals surface area contributed by atoms with Crippen LogP contribution in [0.25, 0.3) is 0 Å². The van der Waals surface area contributed by atoms with E-state index in [9.17, 15) is 22.0 Å². The molecule has 1 N–H and O–H groups in total. The smallest absolute Gasteiger partial charge is 0.411 e. The van der Waals surface area contributed by atoms with E-state index < -0.39 is 19.4 Å². The molecule has 0 aliphatic heterocycles. The summed E-state index contributed by atoms with van der Waals surface area (Å²) in [5.74, 6) is 0.626. The van der Waals surface area contributed by atoms with Gasteiger partial charge in [0.15, 0.2) is 5.96 Å². The highest BCUT2D eigenvalue weighted by atomic mass is 19.4. The van der Waals surface area contributed by atoms with Gasteiger partial charge in [-0.05, 0) is 24.1 Å². The summed E-state index contributed by atoms with van der Waals surface area (Å²) < 4.78 is 68.9. The van der Waals surface area contributed by atoms with Gasteiger partial charge in [0, 0.05) is 33.8 Å². The third kappa shape index (κ3) is 9.40. The van der Waals surface area contributed by atoms with Crippen LogP contribution in [0.4, 0.5) is 22.0 Å². The van der Waals surface area contributed by atoms with E-state index in [0.717, 1.165) is 5.56 Å². The molecule has 0 aliphatic carbocycles. The van der Waals surface area contributed by atoms with Crippen LogP contribution >= 0.6 is 0 Å². The topological polar surface area (TPSA) is 46.1 Å². The van der Waals surface area contributed by atoms with Crippen LogP contribution in [0.3, 0.4) is 0 Å². The lowest BCUT2D eigenvalue weighted by molar-refractivity contribution is -0.173. The predicted octanol–water partition coefficient (Wildman–Crippen LogP) is 3.26. The second kappa shape index (κ2) is 10.8. The van der Waals surface area contributed by atoms with E-state index in [4.69, 9.17) is 0 Å². The molecule has 10 heteroatoms. The zero-order valence-corrected chi connectivity index (χ0v) is 14.5. The summed E-state index contributed by atoms with van der Waals surface area (Å²) >= 11 is 0. The number of nitrogens with zero attached hydrogens (tertiary/aromatic N) is 2. The number of hydrogen-bond donors (Lipinski definition) is 1. The minimum atomic E-state index is -4.32. The molecule has 0 heterocycles. The third-order valence-corrected chi connectivity index (χ3v) is 3.16. The molecular formula is C16H22F5N3O2. The summed E-state index contributed by atoms with van der Waals surface area (Å²) in [5, 5.41) is 3.02. The van der Waals surface area contributed by atoms with Crippen molar-refractivity contribution in [1.82, 2.24) is 10.2 Å². The lowest BCUT2D eigenvalue weighted by atomic mass is 10.2. The Morgan fingerprint density at radius 2 is 1.88 bits per heavy atom. The van der Waals surface area contributed by atoms with Gasteiger partial charge in [-0.1, -0.05) is 12.1 Å². The number of guanidine groups is 1. The molecule has 1 rings (SSSR count). The Morgan fingerprint density at radius 3 is 2.42 bits per heavy atom. The second-order valence-corrected chi connectivity index (χ2v) is 5.37. The van der Waals surface area contributed by atoms with Gasteiger partial charge < -0.3 is 19.7 Å². The summed E-state index contributed by atoms with van der Waals surface area (Å²) in [6, 6.07) is 6.21. The van der Waals surface area contributed by atoms with Crippen molar-refractivity contribution in [2.75, 3.05) is 33.9 Å². The highest BCUT2D eigenvalue weighted by Crippen LogP contribution is 2.16. The average molecular weight is 383 g/mol. The fourth-order valence-electron chi connectivity index (χ4n) is 2.07. The Kier molecular flexibility index (Phi) is 9.11. The molecule has 0 bridgehead atoms. The third-order valence-electron chi connectivity index (χ3n) is 3.16. The van der Waals surface area contributed by atoms with Crippen LogP contribution in [0.5, 0.6) is 5.75 Å². The standard InChI is InChI=1S/C16H22F5N3O2/c1-22-15(23-8-3-9-25-11-16(19,20)21)24(2)10-12-4-6-13(7-5-12)26-14(17)18/h4-7,14H,3,8-11H2,1-2H3,(H,22,23). The van der Waals surface area contributed by atoms with E-state index in [1.807, 2.05) is 0 Å². The van der Waals surface area contributed by atoms with Crippen LogP contribution in [0.2, 0.25) is 0 Å². The van der Waals surface area contributed by atoms with Gasteiger partial charge in [-0.25, -0.2) is 0 Å². The van der Waals surface area contributed by atoms with Crippen molar-refractivity contribution in [3.8, 4) is 5.75 Å². The molecule has 0 saturated carbocycles. The number of hydrogen-bond acceptors (Lipinski definition) is 3. The molecule has 0 unspecified atom stereocenters. The van der Waals surface area contributed by atoms with Crippen molar-refractivity contribution in [2.45, 2.75) is 25.8 Å². The molecule has 0 spiro atoms. The maximum atomic E-state index is 12.1. The first-order valence-corrected chi connectivity index (χ1v) is 7.81. The van der Waals surface area contributed by atoms with Crippen LogP contribution < -0.4 is 10.1 Å². The molecule has 0 saturated heterocycles. The molecule has 0 radical (unpaired) electrons. The first-order chi connectivity index (χ1) is 12.2. The molecule has 1 aromatic carbocycles. The quantitative estimate of drug-likeness (QED) is 0.308. The van der Waals surface area contributed by atoms with Crippen molar-refractivity contribution in [3.05, 3.63) is 29.8 Å². The summed E-state index contributed by atoms with van der Waals surface area (Å²) in [7, 11) is 3.36. The van der Waals surface area contributed by atoms with Gasteiger partial charge in [0.05, 0.1) is 0 Å². The maximum Gasteiger partial charge on any atom is 0.411 e. The Labute approximate surface area is 148 Å². The summed E-state index contributed by atoms with van der Waals surface area (Å²) in [5.41, 5.74) is 0.852. The highest BCUT2D eigenvalue weighted by molar-refractivity contribution is 5.79. The molecule has 0 aliphatic rings. The normalized spacial score (nSPS) is 12.4. The summed E-state index contributed by atoms with van der Waals surface area (Å²) in [4.78, 5) is 5.88. The summed E-state index contributed by atoms with van der Waals surface area (Å²) in [6.45, 7) is -3.28. The van der Waals surface area contributed by atoms with Gasteiger partial charge in [-0.15, -0.1) is 0 Å². The Hall–Kier alpha value is -2.10. The van der Waals surface area contributed by atoms with Gasteiger partial charge in [0.2, 0.25) is 0 Å². The molecule has 0 atom stereocenters. The van der Waals surface area contributed by atoms with Crippen molar-refractivity contribution in [3.63, 3.8) is 0 Å². The molecule has 0 fully saturated rings. The van der Waals surface area contributed by atoms with E-state index in [-0.39, 0.29) is 12.4 Å². The monoisotopic (exact) mass is 383 g/mol. The van der Waals surface area contributed by atoms with Crippen LogP contribution in [-0.4, -0.2) is 57.5 Å². The lowest BCUT2D eigenvalue weighted by Crippen LogP contribution is -2.39. The van der Waals surface area contributed by atoms with Gasteiger partial charge >= 0.3 is 12.8 Å². The van der Waals surface area contributed by atoms with Gasteiger partial charge in [0.25, 0.3) is 0 Å². The fourth-order valence-corrected chi connectivity index (χ4v) is 2.07. The molecule has 0 amide bonds. The number of alkyl halides is 5. The molecule has 0 aromatic heterocycles. The van der Waals surface area contributed by atoms with E-state index in [2.05, 4.69) is 19.8 Å².